The lowest BCUT2D eigenvalue weighted by molar-refractivity contribution is -0.387. The molecule has 0 heterocycles. The van der Waals surface area contributed by atoms with Crippen LogP contribution < -0.4 is 5.73 Å². The van der Waals surface area contributed by atoms with E-state index in [-0.39, 0.29) is 16.6 Å². The second-order valence-electron chi connectivity index (χ2n) is 3.54. The van der Waals surface area contributed by atoms with Gasteiger partial charge in [0, 0.05) is 17.9 Å². The van der Waals surface area contributed by atoms with E-state index < -0.39 is 15.7 Å². The van der Waals surface area contributed by atoms with Crippen LogP contribution in [0.4, 0.5) is 5.69 Å². The summed E-state index contributed by atoms with van der Waals surface area (Å²) in [7, 11) is -1.36. The standard InChI is InChI=1S/C10H14N2O3S/c1-8(11)6-7-16(15)10-5-3-2-4-9(10)12(13)14/h2-5,8H,6-7,11H2,1H3. The van der Waals surface area contributed by atoms with E-state index in [4.69, 9.17) is 5.73 Å². The lowest BCUT2D eigenvalue weighted by atomic mass is 10.3. The summed E-state index contributed by atoms with van der Waals surface area (Å²) in [6, 6.07) is 6.04. The second-order valence-corrected chi connectivity index (χ2v) is 5.08. The van der Waals surface area contributed by atoms with Gasteiger partial charge in [-0.15, -0.1) is 0 Å². The molecule has 5 nitrogen and oxygen atoms in total. The van der Waals surface area contributed by atoms with Crippen LogP contribution >= 0.6 is 0 Å². The summed E-state index contributed by atoms with van der Waals surface area (Å²) < 4.78 is 11.8. The molecule has 1 rings (SSSR count). The van der Waals surface area contributed by atoms with Gasteiger partial charge in [0.1, 0.15) is 4.90 Å². The molecular formula is C10H14N2O3S. The van der Waals surface area contributed by atoms with Crippen LogP contribution in [0.5, 0.6) is 0 Å². The first-order valence-electron chi connectivity index (χ1n) is 4.89. The van der Waals surface area contributed by atoms with Gasteiger partial charge in [-0.2, -0.15) is 0 Å². The van der Waals surface area contributed by atoms with Gasteiger partial charge in [-0.25, -0.2) is 0 Å². The molecule has 0 aliphatic heterocycles. The van der Waals surface area contributed by atoms with Crippen LogP contribution in [0.3, 0.4) is 0 Å². The number of benzene rings is 1. The van der Waals surface area contributed by atoms with Crippen molar-refractivity contribution < 1.29 is 9.13 Å². The molecule has 1 aromatic rings. The maximum atomic E-state index is 11.8. The number of nitrogens with zero attached hydrogens (tertiary/aromatic N) is 1. The summed E-state index contributed by atoms with van der Waals surface area (Å²) in [6.45, 7) is 1.82. The first-order valence-corrected chi connectivity index (χ1v) is 6.21. The van der Waals surface area contributed by atoms with E-state index in [0.29, 0.717) is 12.2 Å². The summed E-state index contributed by atoms with van der Waals surface area (Å²) in [5.74, 6) is 0.350. The Labute approximate surface area is 96.3 Å². The van der Waals surface area contributed by atoms with Crippen molar-refractivity contribution in [1.29, 1.82) is 0 Å². The van der Waals surface area contributed by atoms with Gasteiger partial charge >= 0.3 is 0 Å². The van der Waals surface area contributed by atoms with E-state index in [1.807, 2.05) is 6.92 Å². The molecular weight excluding hydrogens is 228 g/mol. The van der Waals surface area contributed by atoms with Gasteiger partial charge < -0.3 is 5.73 Å². The molecule has 0 radical (unpaired) electrons. The fourth-order valence-electron chi connectivity index (χ4n) is 1.20. The highest BCUT2D eigenvalue weighted by molar-refractivity contribution is 7.85. The normalized spacial score (nSPS) is 14.4. The van der Waals surface area contributed by atoms with Gasteiger partial charge in [0.2, 0.25) is 0 Å². The Morgan fingerprint density at radius 1 is 1.50 bits per heavy atom. The van der Waals surface area contributed by atoms with Crippen molar-refractivity contribution >= 4 is 16.5 Å². The minimum absolute atomic E-state index is 0.0493. The number of hydrogen-bond donors (Lipinski definition) is 1. The molecule has 16 heavy (non-hydrogen) atoms. The van der Waals surface area contributed by atoms with Crippen molar-refractivity contribution in [2.24, 2.45) is 5.73 Å². The number of para-hydroxylation sites is 1. The van der Waals surface area contributed by atoms with Crippen LogP contribution in [0.15, 0.2) is 29.2 Å². The lowest BCUT2D eigenvalue weighted by Gasteiger charge is -2.05. The molecule has 0 aliphatic rings. The van der Waals surface area contributed by atoms with E-state index in [1.165, 1.54) is 12.1 Å². The molecule has 0 fully saturated rings. The van der Waals surface area contributed by atoms with Crippen LogP contribution in [0, 0.1) is 10.1 Å². The average Bonchev–Trinajstić information content (AvgIpc) is 2.25. The van der Waals surface area contributed by atoms with E-state index in [0.717, 1.165) is 0 Å². The molecule has 0 amide bonds. The average molecular weight is 242 g/mol. The van der Waals surface area contributed by atoms with Crippen LogP contribution in [0.1, 0.15) is 13.3 Å². The molecule has 2 unspecified atom stereocenters. The molecule has 2 N–H and O–H groups in total. The fourth-order valence-corrected chi connectivity index (χ4v) is 2.62. The summed E-state index contributed by atoms with van der Waals surface area (Å²) in [6.07, 6.45) is 0.582. The highest BCUT2D eigenvalue weighted by Gasteiger charge is 2.17. The minimum Gasteiger partial charge on any atom is -0.328 e. The van der Waals surface area contributed by atoms with Crippen LogP contribution in [0.2, 0.25) is 0 Å². The first kappa shape index (κ1) is 12.8. The molecule has 0 saturated heterocycles. The Morgan fingerprint density at radius 3 is 2.69 bits per heavy atom. The molecule has 0 aromatic heterocycles. The highest BCUT2D eigenvalue weighted by atomic mass is 32.2. The maximum Gasteiger partial charge on any atom is 0.285 e. The van der Waals surface area contributed by atoms with Crippen molar-refractivity contribution in [2.45, 2.75) is 24.3 Å². The number of nitro benzene ring substituents is 1. The Kier molecular flexibility index (Phi) is 4.57. The van der Waals surface area contributed by atoms with Crippen molar-refractivity contribution in [1.82, 2.24) is 0 Å². The Balaban J connectivity index is 2.86. The minimum atomic E-state index is -1.36. The van der Waals surface area contributed by atoms with Gasteiger partial charge in [0.05, 0.1) is 15.7 Å². The van der Waals surface area contributed by atoms with Crippen LogP contribution in [-0.2, 0) is 10.8 Å². The third-order valence-electron chi connectivity index (χ3n) is 2.07. The van der Waals surface area contributed by atoms with Gasteiger partial charge in [0.15, 0.2) is 0 Å². The molecule has 0 bridgehead atoms. The fraction of sp³-hybridized carbons (Fsp3) is 0.400. The zero-order valence-corrected chi connectivity index (χ0v) is 9.78. The molecule has 0 aliphatic carbocycles. The molecule has 0 saturated carbocycles. The zero-order chi connectivity index (χ0) is 12.1. The second kappa shape index (κ2) is 5.72. The summed E-state index contributed by atoms with van der Waals surface area (Å²) >= 11 is 0. The summed E-state index contributed by atoms with van der Waals surface area (Å²) in [5.41, 5.74) is 5.46. The Morgan fingerprint density at radius 2 is 2.12 bits per heavy atom. The first-order chi connectivity index (χ1) is 7.52. The van der Waals surface area contributed by atoms with Crippen molar-refractivity contribution in [3.63, 3.8) is 0 Å². The smallest absolute Gasteiger partial charge is 0.285 e. The van der Waals surface area contributed by atoms with Crippen molar-refractivity contribution in [3.8, 4) is 0 Å². The van der Waals surface area contributed by atoms with Gasteiger partial charge in [-0.05, 0) is 19.4 Å². The Hall–Kier alpha value is -1.27. The molecule has 1 aromatic carbocycles. The lowest BCUT2D eigenvalue weighted by Crippen LogP contribution is -2.18. The largest absolute Gasteiger partial charge is 0.328 e. The van der Waals surface area contributed by atoms with Crippen LogP contribution in [-0.4, -0.2) is 20.9 Å². The van der Waals surface area contributed by atoms with E-state index in [2.05, 4.69) is 0 Å². The van der Waals surface area contributed by atoms with E-state index in [1.54, 1.807) is 12.1 Å². The topological polar surface area (TPSA) is 86.2 Å². The third-order valence-corrected chi connectivity index (χ3v) is 3.51. The predicted molar refractivity (Wildman–Crippen MR) is 62.6 cm³/mol. The summed E-state index contributed by atoms with van der Waals surface area (Å²) in [5, 5.41) is 10.7. The number of rotatable bonds is 5. The molecule has 0 spiro atoms. The SMILES string of the molecule is CC(N)CCS(=O)c1ccccc1[N+](=O)[O-]. The number of nitro groups is 1. The highest BCUT2D eigenvalue weighted by Crippen LogP contribution is 2.21. The summed E-state index contributed by atoms with van der Waals surface area (Å²) in [4.78, 5) is 10.5. The van der Waals surface area contributed by atoms with E-state index in [9.17, 15) is 14.3 Å². The van der Waals surface area contributed by atoms with Crippen molar-refractivity contribution in [2.75, 3.05) is 5.75 Å². The molecule has 88 valence electrons. The molecule has 2 atom stereocenters. The van der Waals surface area contributed by atoms with Gasteiger partial charge in [-0.3, -0.25) is 14.3 Å². The zero-order valence-electron chi connectivity index (χ0n) is 8.96. The molecule has 6 heteroatoms. The van der Waals surface area contributed by atoms with E-state index >= 15 is 0 Å². The predicted octanol–water partition coefficient (Wildman–Crippen LogP) is 1.44. The number of nitrogens with two attached hydrogens (primary N) is 1. The Bertz CT molecular complexity index is 407. The maximum absolute atomic E-state index is 11.8. The number of hydrogen-bond acceptors (Lipinski definition) is 4. The third kappa shape index (κ3) is 3.39. The van der Waals surface area contributed by atoms with Crippen molar-refractivity contribution in [3.05, 3.63) is 34.4 Å². The van der Waals surface area contributed by atoms with Gasteiger partial charge in [-0.1, -0.05) is 12.1 Å². The quantitative estimate of drug-likeness (QED) is 0.625. The monoisotopic (exact) mass is 242 g/mol. The van der Waals surface area contributed by atoms with Gasteiger partial charge in [0.25, 0.3) is 5.69 Å². The van der Waals surface area contributed by atoms with Crippen LogP contribution in [0.25, 0.3) is 0 Å².